The number of carbonyl (C=O) groups is 1. The van der Waals surface area contributed by atoms with E-state index in [1.165, 1.54) is 0 Å². The number of ether oxygens (including phenoxy) is 2. The summed E-state index contributed by atoms with van der Waals surface area (Å²) in [7, 11) is 0. The van der Waals surface area contributed by atoms with Crippen molar-refractivity contribution in [1.82, 2.24) is 14.9 Å². The molecule has 1 spiro atoms. The number of aromatic nitrogens is 2. The minimum Gasteiger partial charge on any atom is -0.444 e. The minimum absolute atomic E-state index is 0.252. The van der Waals surface area contributed by atoms with E-state index < -0.39 is 5.60 Å². The first-order valence-corrected chi connectivity index (χ1v) is 7.53. The first-order chi connectivity index (χ1) is 9.92. The number of aromatic amines is 1. The number of hydrogen-bond acceptors (Lipinski definition) is 4. The monoisotopic (exact) mass is 293 g/mol. The minimum atomic E-state index is -0.491. The molecule has 1 amide bonds. The molecular weight excluding hydrogens is 270 g/mol. The van der Waals surface area contributed by atoms with Crippen LogP contribution in [-0.2, 0) is 21.4 Å². The molecule has 1 fully saturated rings. The van der Waals surface area contributed by atoms with Crippen LogP contribution >= 0.6 is 0 Å². The maximum Gasteiger partial charge on any atom is 0.411 e. The summed E-state index contributed by atoms with van der Waals surface area (Å²) in [5, 5.41) is 0. The van der Waals surface area contributed by atoms with Crippen LogP contribution in [0.25, 0.3) is 0 Å². The highest BCUT2D eigenvalue weighted by Gasteiger charge is 2.49. The van der Waals surface area contributed by atoms with E-state index in [4.69, 9.17) is 9.47 Å². The Bertz CT molecular complexity index is 527. The highest BCUT2D eigenvalue weighted by molar-refractivity contribution is 5.70. The van der Waals surface area contributed by atoms with Gasteiger partial charge in [-0.1, -0.05) is 0 Å². The zero-order chi connectivity index (χ0) is 15.1. The quantitative estimate of drug-likeness (QED) is 0.796. The van der Waals surface area contributed by atoms with Gasteiger partial charge in [0, 0.05) is 44.7 Å². The van der Waals surface area contributed by atoms with E-state index in [0.717, 1.165) is 30.7 Å². The summed E-state index contributed by atoms with van der Waals surface area (Å²) in [5.74, 6) is 0. The number of nitrogens with one attached hydrogen (secondary N) is 1. The number of imidazole rings is 1. The second-order valence-corrected chi connectivity index (χ2v) is 6.76. The van der Waals surface area contributed by atoms with Crippen molar-refractivity contribution >= 4 is 6.09 Å². The van der Waals surface area contributed by atoms with Gasteiger partial charge in [0.15, 0.2) is 0 Å². The lowest BCUT2D eigenvalue weighted by atomic mass is 9.80. The zero-order valence-corrected chi connectivity index (χ0v) is 12.9. The Morgan fingerprint density at radius 3 is 2.81 bits per heavy atom. The average molecular weight is 293 g/mol. The largest absolute Gasteiger partial charge is 0.444 e. The molecule has 6 heteroatoms. The molecule has 2 aliphatic rings. The summed E-state index contributed by atoms with van der Waals surface area (Å²) < 4.78 is 11.1. The summed E-state index contributed by atoms with van der Waals surface area (Å²) >= 11 is 0. The van der Waals surface area contributed by atoms with Gasteiger partial charge >= 0.3 is 6.09 Å². The average Bonchev–Trinajstić information content (AvgIpc) is 2.87. The fourth-order valence-electron chi connectivity index (χ4n) is 3.28. The molecule has 3 heterocycles. The smallest absolute Gasteiger partial charge is 0.411 e. The molecule has 0 bridgehead atoms. The van der Waals surface area contributed by atoms with E-state index in [0.29, 0.717) is 19.8 Å². The van der Waals surface area contributed by atoms with Gasteiger partial charge in [-0.3, -0.25) is 4.90 Å². The summed E-state index contributed by atoms with van der Waals surface area (Å²) in [6.07, 6.45) is 3.80. The van der Waals surface area contributed by atoms with Crippen LogP contribution in [0.4, 0.5) is 4.79 Å². The molecule has 0 saturated carbocycles. The third kappa shape index (κ3) is 2.52. The SMILES string of the molecule is CC(C)(C)OC(=O)N1CCc2[nH]cnc2C12CCOCC2. The lowest BCUT2D eigenvalue weighted by molar-refractivity contribution is -0.0535. The lowest BCUT2D eigenvalue weighted by Gasteiger charge is -2.48. The zero-order valence-electron chi connectivity index (χ0n) is 12.9. The maximum absolute atomic E-state index is 12.6. The van der Waals surface area contributed by atoms with Gasteiger partial charge in [0.2, 0.25) is 0 Å². The third-order valence-electron chi connectivity index (χ3n) is 4.20. The topological polar surface area (TPSA) is 67.5 Å². The fourth-order valence-corrected chi connectivity index (χ4v) is 3.28. The Hall–Kier alpha value is -1.56. The van der Waals surface area contributed by atoms with Crippen molar-refractivity contribution in [2.75, 3.05) is 19.8 Å². The summed E-state index contributed by atoms with van der Waals surface area (Å²) in [6.45, 7) is 7.63. The molecule has 0 radical (unpaired) electrons. The Balaban J connectivity index is 1.94. The van der Waals surface area contributed by atoms with E-state index in [1.54, 1.807) is 6.33 Å². The third-order valence-corrected chi connectivity index (χ3v) is 4.20. The standard InChI is InChI=1S/C15H23N3O3/c1-14(2,3)21-13(19)18-7-4-11-12(17-10-16-11)15(18)5-8-20-9-6-15/h10H,4-9H2,1-3H3,(H,16,17). The molecule has 1 aromatic heterocycles. The lowest BCUT2D eigenvalue weighted by Crippen LogP contribution is -2.57. The number of fused-ring (bicyclic) bond motifs is 2. The van der Waals surface area contributed by atoms with Gasteiger partial charge in [0.1, 0.15) is 5.60 Å². The van der Waals surface area contributed by atoms with Gasteiger partial charge in [0.05, 0.1) is 17.6 Å². The first kappa shape index (κ1) is 14.4. The van der Waals surface area contributed by atoms with Crippen molar-refractivity contribution < 1.29 is 14.3 Å². The van der Waals surface area contributed by atoms with Gasteiger partial charge in [-0.2, -0.15) is 0 Å². The molecule has 2 aliphatic heterocycles. The highest BCUT2D eigenvalue weighted by Crippen LogP contribution is 2.42. The maximum atomic E-state index is 12.6. The number of hydrogen-bond donors (Lipinski definition) is 1. The molecule has 0 atom stereocenters. The van der Waals surface area contributed by atoms with Crippen LogP contribution in [0.3, 0.4) is 0 Å². The Kier molecular flexibility index (Phi) is 3.43. The van der Waals surface area contributed by atoms with E-state index >= 15 is 0 Å². The molecule has 6 nitrogen and oxygen atoms in total. The van der Waals surface area contributed by atoms with E-state index in [1.807, 2.05) is 25.7 Å². The Labute approximate surface area is 124 Å². The summed E-state index contributed by atoms with van der Waals surface area (Å²) in [6, 6.07) is 0. The van der Waals surface area contributed by atoms with Crippen LogP contribution in [0, 0.1) is 0 Å². The summed E-state index contributed by atoms with van der Waals surface area (Å²) in [4.78, 5) is 22.2. The second kappa shape index (κ2) is 5.02. The molecule has 1 N–H and O–H groups in total. The van der Waals surface area contributed by atoms with Crippen molar-refractivity contribution in [3.05, 3.63) is 17.7 Å². The van der Waals surface area contributed by atoms with Crippen molar-refractivity contribution in [2.45, 2.75) is 51.2 Å². The predicted octanol–water partition coefficient (Wildman–Crippen LogP) is 2.21. The van der Waals surface area contributed by atoms with E-state index in [9.17, 15) is 4.79 Å². The van der Waals surface area contributed by atoms with Gasteiger partial charge in [-0.05, 0) is 20.8 Å². The van der Waals surface area contributed by atoms with Crippen LogP contribution in [0.2, 0.25) is 0 Å². The van der Waals surface area contributed by atoms with Crippen molar-refractivity contribution in [3.63, 3.8) is 0 Å². The Morgan fingerprint density at radius 2 is 2.14 bits per heavy atom. The highest BCUT2D eigenvalue weighted by atomic mass is 16.6. The van der Waals surface area contributed by atoms with Crippen LogP contribution in [0.15, 0.2) is 6.33 Å². The number of amides is 1. The molecule has 1 aromatic rings. The number of rotatable bonds is 0. The van der Waals surface area contributed by atoms with Gasteiger partial charge < -0.3 is 14.5 Å². The van der Waals surface area contributed by atoms with Crippen molar-refractivity contribution in [3.8, 4) is 0 Å². The van der Waals surface area contributed by atoms with E-state index in [2.05, 4.69) is 9.97 Å². The van der Waals surface area contributed by atoms with Crippen LogP contribution < -0.4 is 0 Å². The molecule has 0 unspecified atom stereocenters. The van der Waals surface area contributed by atoms with Crippen molar-refractivity contribution in [1.29, 1.82) is 0 Å². The van der Waals surface area contributed by atoms with Crippen molar-refractivity contribution in [2.24, 2.45) is 0 Å². The van der Waals surface area contributed by atoms with Crippen LogP contribution in [0.5, 0.6) is 0 Å². The molecule has 21 heavy (non-hydrogen) atoms. The van der Waals surface area contributed by atoms with Crippen LogP contribution in [0.1, 0.15) is 45.0 Å². The first-order valence-electron chi connectivity index (χ1n) is 7.53. The molecule has 0 aliphatic carbocycles. The number of nitrogens with zero attached hydrogens (tertiary/aromatic N) is 2. The van der Waals surface area contributed by atoms with E-state index in [-0.39, 0.29) is 11.6 Å². The number of carbonyl (C=O) groups excluding carboxylic acids is 1. The van der Waals surface area contributed by atoms with Gasteiger partial charge in [-0.15, -0.1) is 0 Å². The molecule has 1 saturated heterocycles. The van der Waals surface area contributed by atoms with Gasteiger partial charge in [0.25, 0.3) is 0 Å². The second-order valence-electron chi connectivity index (χ2n) is 6.76. The molecule has 3 rings (SSSR count). The fraction of sp³-hybridized carbons (Fsp3) is 0.733. The number of H-pyrrole nitrogens is 1. The predicted molar refractivity (Wildman–Crippen MR) is 77.0 cm³/mol. The Morgan fingerprint density at radius 1 is 1.43 bits per heavy atom. The normalized spacial score (nSPS) is 21.2. The molecule has 116 valence electrons. The van der Waals surface area contributed by atoms with Crippen LogP contribution in [-0.4, -0.2) is 46.3 Å². The van der Waals surface area contributed by atoms with Gasteiger partial charge in [-0.25, -0.2) is 9.78 Å². The molecular formula is C15H23N3O3. The summed E-state index contributed by atoms with van der Waals surface area (Å²) in [5.41, 5.74) is 1.25. The molecule has 0 aromatic carbocycles.